The molecule has 13 heteroatoms. The van der Waals surface area contributed by atoms with Gasteiger partial charge in [0.1, 0.15) is 5.82 Å². The summed E-state index contributed by atoms with van der Waals surface area (Å²) in [7, 11) is -3.71. The van der Waals surface area contributed by atoms with Crippen LogP contribution < -0.4 is 15.5 Å². The van der Waals surface area contributed by atoms with Crippen molar-refractivity contribution in [2.45, 2.75) is 24.3 Å². The molecule has 1 atom stereocenters. The molecule has 4 rings (SSSR count). The molecule has 1 aliphatic rings. The number of nitrogens with one attached hydrogen (secondary N) is 2. The number of carbonyl (C=O) groups is 1. The molecule has 3 aromatic rings. The van der Waals surface area contributed by atoms with Crippen molar-refractivity contribution in [3.05, 3.63) is 54.3 Å². The van der Waals surface area contributed by atoms with Crippen LogP contribution in [0.3, 0.4) is 0 Å². The second-order valence-electron chi connectivity index (χ2n) is 8.77. The third-order valence-corrected chi connectivity index (χ3v) is 6.97. The van der Waals surface area contributed by atoms with Crippen LogP contribution in [-0.4, -0.2) is 69.4 Å². The Morgan fingerprint density at radius 3 is 2.50 bits per heavy atom. The summed E-state index contributed by atoms with van der Waals surface area (Å²) >= 11 is 0. The number of nitrogens with zero attached hydrogens (tertiary/aromatic N) is 3. The predicted octanol–water partition coefficient (Wildman–Crippen LogP) is 3.96. The zero-order valence-corrected chi connectivity index (χ0v) is 21.4. The number of aromatic nitrogens is 2. The van der Waals surface area contributed by atoms with Crippen molar-refractivity contribution in [2.24, 2.45) is 0 Å². The summed E-state index contributed by atoms with van der Waals surface area (Å²) in [5.41, 5.74) is 1.72. The van der Waals surface area contributed by atoms with Crippen molar-refractivity contribution in [3.8, 4) is 22.5 Å². The third-order valence-electron chi connectivity index (χ3n) is 5.81. The molecule has 2 amide bonds. The van der Waals surface area contributed by atoms with Crippen molar-refractivity contribution in [3.63, 3.8) is 0 Å². The second-order valence-corrected chi connectivity index (χ2v) is 10.8. The van der Waals surface area contributed by atoms with E-state index in [0.29, 0.717) is 42.7 Å². The number of morpholine rings is 1. The van der Waals surface area contributed by atoms with E-state index in [0.717, 1.165) is 18.4 Å². The van der Waals surface area contributed by atoms with Gasteiger partial charge in [-0.05, 0) is 43.3 Å². The molecule has 202 valence electrons. The maximum atomic E-state index is 14.3. The maximum absolute atomic E-state index is 14.3. The fraction of sp³-hybridized carbons (Fsp3) is 0.320. The Morgan fingerprint density at radius 1 is 1.13 bits per heavy atom. The number of alkyl halides is 2. The third kappa shape index (κ3) is 6.58. The van der Waals surface area contributed by atoms with E-state index >= 15 is 0 Å². The van der Waals surface area contributed by atoms with Gasteiger partial charge in [-0.3, -0.25) is 0 Å². The lowest BCUT2D eigenvalue weighted by molar-refractivity contribution is 0.0981. The molecule has 1 aromatic heterocycles. The van der Waals surface area contributed by atoms with Gasteiger partial charge < -0.3 is 20.3 Å². The van der Waals surface area contributed by atoms with E-state index in [1.807, 2.05) is 11.8 Å². The molecular formula is C25H26F3N5O4S. The number of sulfone groups is 1. The number of anilines is 2. The van der Waals surface area contributed by atoms with E-state index in [2.05, 4.69) is 15.6 Å². The molecule has 38 heavy (non-hydrogen) atoms. The Bertz CT molecular complexity index is 1420. The molecule has 2 heterocycles. The van der Waals surface area contributed by atoms with Gasteiger partial charge in [0.25, 0.3) is 6.43 Å². The summed E-state index contributed by atoms with van der Waals surface area (Å²) in [5, 5.41) is 4.52. The molecule has 0 bridgehead atoms. The molecule has 0 aliphatic carbocycles. The number of halogens is 3. The normalized spacial score (nSPS) is 15.9. The standard InChI is InChI=1S/C25H26F3N5O4S/c1-15-14-37-10-9-33(15)24-31-20(16-3-6-18(7-4-16)30-25(34)29-13-23(27)28)12-21(32-24)19-11-17(26)5-8-22(19)38(2,35)36/h3-8,11-12,15,23H,9-10,13-14H2,1-2H3,(H2,29,30,34)/t15-/m0/s1. The number of hydrogen-bond donors (Lipinski definition) is 2. The second kappa shape index (κ2) is 11.4. The van der Waals surface area contributed by atoms with Gasteiger partial charge in [-0.25, -0.2) is 36.4 Å². The van der Waals surface area contributed by atoms with Gasteiger partial charge in [-0.15, -0.1) is 0 Å². The molecule has 0 spiro atoms. The lowest BCUT2D eigenvalue weighted by Crippen LogP contribution is -2.44. The van der Waals surface area contributed by atoms with E-state index in [1.54, 1.807) is 30.3 Å². The largest absolute Gasteiger partial charge is 0.377 e. The van der Waals surface area contributed by atoms with Crippen LogP contribution in [0.5, 0.6) is 0 Å². The van der Waals surface area contributed by atoms with Gasteiger partial charge >= 0.3 is 6.03 Å². The molecule has 0 saturated carbocycles. The van der Waals surface area contributed by atoms with Gasteiger partial charge in [0.15, 0.2) is 9.84 Å². The smallest absolute Gasteiger partial charge is 0.319 e. The van der Waals surface area contributed by atoms with E-state index < -0.39 is 34.7 Å². The monoisotopic (exact) mass is 549 g/mol. The number of benzene rings is 2. The van der Waals surface area contributed by atoms with E-state index in [-0.39, 0.29) is 22.2 Å². The highest BCUT2D eigenvalue weighted by Gasteiger charge is 2.24. The Morgan fingerprint density at radius 2 is 1.84 bits per heavy atom. The summed E-state index contributed by atoms with van der Waals surface area (Å²) < 4.78 is 69.3. The summed E-state index contributed by atoms with van der Waals surface area (Å²) in [6, 6.07) is 10.6. The molecule has 1 aliphatic heterocycles. The van der Waals surface area contributed by atoms with Gasteiger partial charge in [0.2, 0.25) is 5.95 Å². The molecule has 0 radical (unpaired) electrons. The molecule has 2 aromatic carbocycles. The fourth-order valence-corrected chi connectivity index (χ4v) is 4.85. The predicted molar refractivity (Wildman–Crippen MR) is 137 cm³/mol. The lowest BCUT2D eigenvalue weighted by atomic mass is 10.1. The Kier molecular flexibility index (Phi) is 8.17. The van der Waals surface area contributed by atoms with Gasteiger partial charge in [-0.2, -0.15) is 0 Å². The van der Waals surface area contributed by atoms with Crippen molar-refractivity contribution in [1.82, 2.24) is 15.3 Å². The highest BCUT2D eigenvalue weighted by atomic mass is 32.2. The molecule has 0 unspecified atom stereocenters. The van der Waals surface area contributed by atoms with E-state index in [4.69, 9.17) is 9.72 Å². The number of amides is 2. The average molecular weight is 550 g/mol. The lowest BCUT2D eigenvalue weighted by Gasteiger charge is -2.33. The van der Waals surface area contributed by atoms with Crippen molar-refractivity contribution in [2.75, 3.05) is 42.8 Å². The van der Waals surface area contributed by atoms with Crippen LogP contribution in [0.4, 0.5) is 29.6 Å². The topological polar surface area (TPSA) is 114 Å². The minimum absolute atomic E-state index is 0.0629. The van der Waals surface area contributed by atoms with Crippen molar-refractivity contribution in [1.29, 1.82) is 0 Å². The van der Waals surface area contributed by atoms with Gasteiger partial charge in [-0.1, -0.05) is 12.1 Å². The fourth-order valence-electron chi connectivity index (χ4n) is 3.97. The van der Waals surface area contributed by atoms with Crippen molar-refractivity contribution < 1.29 is 31.1 Å². The molecule has 1 fully saturated rings. The van der Waals surface area contributed by atoms with Crippen LogP contribution in [0.15, 0.2) is 53.4 Å². The zero-order valence-electron chi connectivity index (χ0n) is 20.6. The average Bonchev–Trinajstić information content (AvgIpc) is 2.87. The first-order valence-electron chi connectivity index (χ1n) is 11.7. The molecule has 2 N–H and O–H groups in total. The summed E-state index contributed by atoms with van der Waals surface area (Å²) in [5.74, 6) is -0.292. The first-order valence-corrected chi connectivity index (χ1v) is 13.6. The SMILES string of the molecule is C[C@H]1COCCN1c1nc(-c2ccc(NC(=O)NCC(F)F)cc2)cc(-c2cc(F)ccc2S(C)(=O)=O)n1. The summed E-state index contributed by atoms with van der Waals surface area (Å²) in [6.45, 7) is 2.58. The van der Waals surface area contributed by atoms with Crippen LogP contribution in [-0.2, 0) is 14.6 Å². The Labute approximate surface area is 218 Å². The van der Waals surface area contributed by atoms with Crippen LogP contribution in [0.2, 0.25) is 0 Å². The number of urea groups is 1. The van der Waals surface area contributed by atoms with E-state index in [9.17, 15) is 26.4 Å². The highest BCUT2D eigenvalue weighted by molar-refractivity contribution is 7.90. The molecular weight excluding hydrogens is 523 g/mol. The minimum atomic E-state index is -3.71. The molecule has 1 saturated heterocycles. The quantitative estimate of drug-likeness (QED) is 0.429. The van der Waals surface area contributed by atoms with Crippen molar-refractivity contribution >= 4 is 27.5 Å². The van der Waals surface area contributed by atoms with Crippen LogP contribution in [0.1, 0.15) is 6.92 Å². The van der Waals surface area contributed by atoms with Gasteiger partial charge in [0.05, 0.1) is 42.1 Å². The maximum Gasteiger partial charge on any atom is 0.319 e. The molecule has 9 nitrogen and oxygen atoms in total. The zero-order chi connectivity index (χ0) is 27.4. The number of hydrogen-bond acceptors (Lipinski definition) is 7. The van der Waals surface area contributed by atoms with Crippen LogP contribution >= 0.6 is 0 Å². The summed E-state index contributed by atoms with van der Waals surface area (Å²) in [4.78, 5) is 23.0. The highest BCUT2D eigenvalue weighted by Crippen LogP contribution is 2.32. The number of carbonyl (C=O) groups excluding carboxylic acids is 1. The first kappa shape index (κ1) is 27.3. The summed E-state index contributed by atoms with van der Waals surface area (Å²) in [6.07, 6.45) is -1.63. The van der Waals surface area contributed by atoms with Crippen LogP contribution in [0.25, 0.3) is 22.5 Å². The van der Waals surface area contributed by atoms with E-state index in [1.165, 1.54) is 6.07 Å². The number of ether oxygens (including phenoxy) is 1. The van der Waals surface area contributed by atoms with Gasteiger partial charge in [0, 0.05) is 29.6 Å². The van der Waals surface area contributed by atoms with Crippen LogP contribution in [0, 0.1) is 5.82 Å². The first-order chi connectivity index (χ1) is 18.0. The number of rotatable bonds is 7. The Hall–Kier alpha value is -3.71. The Balaban J connectivity index is 1.75. The minimum Gasteiger partial charge on any atom is -0.377 e.